The van der Waals surface area contributed by atoms with Gasteiger partial charge < -0.3 is 10.0 Å². The molecule has 142 valence electrons. The van der Waals surface area contributed by atoms with Crippen LogP contribution < -0.4 is 4.90 Å². The van der Waals surface area contributed by atoms with Crippen LogP contribution in [0.25, 0.3) is 5.57 Å². The van der Waals surface area contributed by atoms with Gasteiger partial charge in [-0.2, -0.15) is 0 Å². The highest BCUT2D eigenvalue weighted by Crippen LogP contribution is 2.36. The highest BCUT2D eigenvalue weighted by molar-refractivity contribution is 7.11. The zero-order valence-corrected chi connectivity index (χ0v) is 16.8. The van der Waals surface area contributed by atoms with E-state index in [2.05, 4.69) is 20.8 Å². The molecule has 3 rings (SSSR count). The van der Waals surface area contributed by atoms with Crippen LogP contribution in [-0.4, -0.2) is 42.0 Å². The van der Waals surface area contributed by atoms with Crippen molar-refractivity contribution in [2.45, 2.75) is 26.2 Å². The Balaban J connectivity index is 2.03. The van der Waals surface area contributed by atoms with Crippen LogP contribution in [0.15, 0.2) is 47.5 Å². The first kappa shape index (κ1) is 19.3. The van der Waals surface area contributed by atoms with E-state index >= 15 is 0 Å². The molecule has 0 fully saturated rings. The lowest BCUT2D eigenvalue weighted by atomic mass is 9.87. The Morgan fingerprint density at radius 3 is 2.26 bits per heavy atom. The van der Waals surface area contributed by atoms with E-state index in [4.69, 9.17) is 0 Å². The summed E-state index contributed by atoms with van der Waals surface area (Å²) in [6, 6.07) is 11.2. The molecule has 2 heterocycles. The van der Waals surface area contributed by atoms with Crippen LogP contribution in [0.5, 0.6) is 0 Å². The Labute approximate surface area is 163 Å². The van der Waals surface area contributed by atoms with Gasteiger partial charge in [0, 0.05) is 18.5 Å². The maximum Gasteiger partial charge on any atom is 0.282 e. The summed E-state index contributed by atoms with van der Waals surface area (Å²) >= 11 is 1.42. The molecule has 2 amide bonds. The first-order valence-electron chi connectivity index (χ1n) is 8.85. The topological polar surface area (TPSA) is 60.9 Å². The number of carbonyl (C=O) groups excluding carboxylic acids is 2. The van der Waals surface area contributed by atoms with E-state index < -0.39 is 0 Å². The van der Waals surface area contributed by atoms with Gasteiger partial charge in [0.25, 0.3) is 11.8 Å². The Bertz CT molecular complexity index is 877. The van der Waals surface area contributed by atoms with Gasteiger partial charge in [-0.05, 0) is 34.6 Å². The first-order chi connectivity index (χ1) is 12.8. The van der Waals surface area contributed by atoms with Crippen LogP contribution in [-0.2, 0) is 15.0 Å². The van der Waals surface area contributed by atoms with E-state index in [1.165, 1.54) is 16.2 Å². The van der Waals surface area contributed by atoms with Crippen LogP contribution in [0, 0.1) is 0 Å². The first-order valence-corrected chi connectivity index (χ1v) is 9.73. The third-order valence-electron chi connectivity index (χ3n) is 4.64. The fraction of sp³-hybridized carbons (Fsp3) is 0.333. The predicted octanol–water partition coefficient (Wildman–Crippen LogP) is 3.25. The molecule has 0 bridgehead atoms. The molecule has 0 radical (unpaired) electrons. The highest BCUT2D eigenvalue weighted by atomic mass is 32.1. The van der Waals surface area contributed by atoms with E-state index in [1.807, 2.05) is 41.8 Å². The van der Waals surface area contributed by atoms with Crippen molar-refractivity contribution in [2.75, 3.05) is 25.1 Å². The quantitative estimate of drug-likeness (QED) is 0.804. The van der Waals surface area contributed by atoms with E-state index in [-0.39, 0.29) is 30.4 Å². The van der Waals surface area contributed by atoms with Crippen molar-refractivity contribution in [3.05, 3.63) is 57.9 Å². The smallest absolute Gasteiger partial charge is 0.282 e. The summed E-state index contributed by atoms with van der Waals surface area (Å²) in [5.41, 5.74) is 2.40. The molecule has 0 saturated carbocycles. The molecule has 2 aromatic rings. The number of amides is 2. The average molecular weight is 385 g/mol. The maximum absolute atomic E-state index is 13.2. The molecule has 0 spiro atoms. The van der Waals surface area contributed by atoms with Crippen molar-refractivity contribution in [1.29, 1.82) is 0 Å². The molecule has 0 saturated heterocycles. The normalized spacial score (nSPS) is 15.1. The number of rotatable bonds is 5. The van der Waals surface area contributed by atoms with Gasteiger partial charge in [0.15, 0.2) is 0 Å². The van der Waals surface area contributed by atoms with Crippen molar-refractivity contribution in [2.24, 2.45) is 0 Å². The number of aliphatic hydroxyl groups excluding tert-OH is 1. The van der Waals surface area contributed by atoms with Crippen LogP contribution in [0.3, 0.4) is 0 Å². The molecule has 1 aromatic carbocycles. The molecule has 1 aromatic heterocycles. The third-order valence-corrected chi connectivity index (χ3v) is 5.52. The summed E-state index contributed by atoms with van der Waals surface area (Å²) in [5.74, 6) is -0.686. The zero-order valence-electron chi connectivity index (χ0n) is 16.0. The number of nitrogens with zero attached hydrogens (tertiary/aromatic N) is 2. The van der Waals surface area contributed by atoms with Gasteiger partial charge in [-0.15, -0.1) is 11.3 Å². The molecule has 0 aliphatic carbocycles. The molecule has 6 heteroatoms. The highest BCUT2D eigenvalue weighted by Gasteiger charge is 2.42. The number of carbonyl (C=O) groups is 2. The fourth-order valence-corrected chi connectivity index (χ4v) is 3.88. The minimum absolute atomic E-state index is 0.00948. The van der Waals surface area contributed by atoms with E-state index in [1.54, 1.807) is 11.9 Å². The van der Waals surface area contributed by atoms with Gasteiger partial charge in [0.05, 0.1) is 17.9 Å². The average Bonchev–Trinajstić information content (AvgIpc) is 3.20. The Kier molecular flexibility index (Phi) is 5.22. The molecule has 5 nitrogen and oxygen atoms in total. The van der Waals surface area contributed by atoms with Crippen LogP contribution in [0.4, 0.5) is 5.69 Å². The summed E-state index contributed by atoms with van der Waals surface area (Å²) < 4.78 is 0. The second-order valence-electron chi connectivity index (χ2n) is 7.59. The van der Waals surface area contributed by atoms with E-state index in [9.17, 15) is 14.7 Å². The molecule has 1 N–H and O–H groups in total. The number of thiophene rings is 1. The second-order valence-corrected chi connectivity index (χ2v) is 8.54. The fourth-order valence-electron chi connectivity index (χ4n) is 3.12. The number of hydrogen-bond donors (Lipinski definition) is 1. The van der Waals surface area contributed by atoms with Crippen LogP contribution in [0.1, 0.15) is 31.2 Å². The SMILES string of the molecule is CN(CCO)C1=C(c2cccs2)C(=O)N(c2ccc(C(C)(C)C)cc2)C1=O. The standard InChI is InChI=1S/C21H24N2O3S/c1-21(2,3)14-7-9-15(10-8-14)23-19(25)17(16-6-5-13-27-16)18(20(23)26)22(4)11-12-24/h5-10,13,24H,11-12H2,1-4H3. The van der Waals surface area contributed by atoms with Crippen molar-refractivity contribution >= 4 is 34.4 Å². The Morgan fingerprint density at radius 2 is 1.74 bits per heavy atom. The number of imide groups is 1. The lowest BCUT2D eigenvalue weighted by Crippen LogP contribution is -2.34. The molecule has 0 unspecified atom stereocenters. The number of benzene rings is 1. The lowest BCUT2D eigenvalue weighted by molar-refractivity contribution is -0.120. The summed E-state index contributed by atoms with van der Waals surface area (Å²) in [6.45, 7) is 6.53. The molecule has 0 atom stereocenters. The van der Waals surface area contributed by atoms with E-state index in [0.29, 0.717) is 17.0 Å². The van der Waals surface area contributed by atoms with Gasteiger partial charge in [-0.25, -0.2) is 4.90 Å². The van der Waals surface area contributed by atoms with Gasteiger partial charge in [-0.1, -0.05) is 39.0 Å². The van der Waals surface area contributed by atoms with Crippen LogP contribution >= 0.6 is 11.3 Å². The number of hydrogen-bond acceptors (Lipinski definition) is 5. The molecular weight excluding hydrogens is 360 g/mol. The Morgan fingerprint density at radius 1 is 1.07 bits per heavy atom. The molecule has 1 aliphatic rings. The van der Waals surface area contributed by atoms with Crippen molar-refractivity contribution in [3.63, 3.8) is 0 Å². The van der Waals surface area contributed by atoms with Crippen LogP contribution in [0.2, 0.25) is 0 Å². The molecule has 1 aliphatic heterocycles. The monoisotopic (exact) mass is 384 g/mol. The minimum atomic E-state index is -0.358. The van der Waals surface area contributed by atoms with Gasteiger partial charge in [0.2, 0.25) is 0 Å². The van der Waals surface area contributed by atoms with E-state index in [0.717, 1.165) is 10.4 Å². The largest absolute Gasteiger partial charge is 0.395 e. The summed E-state index contributed by atoms with van der Waals surface area (Å²) in [6.07, 6.45) is 0. The van der Waals surface area contributed by atoms with Crippen molar-refractivity contribution in [1.82, 2.24) is 4.90 Å². The summed E-state index contributed by atoms with van der Waals surface area (Å²) in [4.78, 5) is 30.0. The third kappa shape index (κ3) is 3.55. The number of aliphatic hydroxyl groups is 1. The van der Waals surface area contributed by atoms with Gasteiger partial charge >= 0.3 is 0 Å². The lowest BCUT2D eigenvalue weighted by Gasteiger charge is -2.22. The number of likely N-dealkylation sites (N-methyl/N-ethyl adjacent to an activating group) is 1. The summed E-state index contributed by atoms with van der Waals surface area (Å²) in [7, 11) is 1.72. The van der Waals surface area contributed by atoms with Crippen molar-refractivity contribution < 1.29 is 14.7 Å². The maximum atomic E-state index is 13.2. The number of anilines is 1. The minimum Gasteiger partial charge on any atom is -0.395 e. The Hall–Kier alpha value is -2.44. The van der Waals surface area contributed by atoms with Gasteiger partial charge in [-0.3, -0.25) is 9.59 Å². The van der Waals surface area contributed by atoms with Gasteiger partial charge in [0.1, 0.15) is 5.70 Å². The van der Waals surface area contributed by atoms with Crippen molar-refractivity contribution in [3.8, 4) is 0 Å². The molecule has 27 heavy (non-hydrogen) atoms. The molecular formula is C21H24N2O3S. The second kappa shape index (κ2) is 7.29. The predicted molar refractivity (Wildman–Crippen MR) is 109 cm³/mol. The summed E-state index contributed by atoms with van der Waals surface area (Å²) in [5, 5.41) is 11.2. The zero-order chi connectivity index (χ0) is 19.8.